The van der Waals surface area contributed by atoms with Gasteiger partial charge < -0.3 is 0 Å². The topological polar surface area (TPSA) is 77.3 Å². The van der Waals surface area contributed by atoms with Crippen LogP contribution in [0.4, 0.5) is 36.4 Å². The molecule has 5 nitrogen and oxygen atoms in total. The van der Waals surface area contributed by atoms with E-state index in [0.29, 0.717) is 24.3 Å². The zero-order valence-corrected chi connectivity index (χ0v) is 18.0. The number of halogens is 9. The maximum Gasteiger partial charge on any atom is 0.461 e. The fraction of sp³-hybridized carbons (Fsp3) is 0.333. The number of rotatable bonds is 5. The fourth-order valence-corrected chi connectivity index (χ4v) is 6.67. The third kappa shape index (κ3) is 3.57. The van der Waals surface area contributed by atoms with Crippen LogP contribution in [-0.2, 0) is 14.6 Å². The Kier molecular flexibility index (Phi) is 6.27. The first-order valence-electron chi connectivity index (χ1n) is 7.47. The van der Waals surface area contributed by atoms with Gasteiger partial charge in [-0.25, -0.2) is 8.42 Å². The van der Waals surface area contributed by atoms with Gasteiger partial charge in [-0.3, -0.25) is 10.1 Å². The lowest BCUT2D eigenvalue weighted by molar-refractivity contribution is -0.385. The molecule has 0 bridgehead atoms. The molecule has 30 heavy (non-hydrogen) atoms. The average molecular weight is 591 g/mol. The van der Waals surface area contributed by atoms with Crippen LogP contribution in [0, 0.1) is 10.1 Å². The number of para-hydroxylation sites is 1. The van der Waals surface area contributed by atoms with Crippen molar-refractivity contribution in [1.29, 1.82) is 0 Å². The number of nitro groups is 1. The minimum atomic E-state index is -6.99. The standard InChI is InChI=1S/C15H8Br2F7NO4S/c16-8-5-9(17)7-12(6-8,10-3-1-2-4-11(10)25(26)27)30(28,29)15(23,24)13(18,19)14(20,21)22/h1-4,6-7H,5H2. The quantitative estimate of drug-likeness (QED) is 0.241. The molecule has 0 heterocycles. The first-order chi connectivity index (χ1) is 13.4. The van der Waals surface area contributed by atoms with Gasteiger partial charge in [0.15, 0.2) is 0 Å². The second-order valence-electron chi connectivity index (χ2n) is 6.02. The Morgan fingerprint density at radius 1 is 0.967 bits per heavy atom. The zero-order valence-electron chi connectivity index (χ0n) is 14.1. The third-order valence-corrected chi connectivity index (χ3v) is 7.40. The fourth-order valence-electron chi connectivity index (χ4n) is 2.73. The largest absolute Gasteiger partial charge is 0.461 e. The van der Waals surface area contributed by atoms with Crippen molar-refractivity contribution in [3.8, 4) is 0 Å². The van der Waals surface area contributed by atoms with Crippen LogP contribution in [0.5, 0.6) is 0 Å². The highest BCUT2D eigenvalue weighted by Gasteiger charge is 2.81. The van der Waals surface area contributed by atoms with Gasteiger partial charge in [0.1, 0.15) is 4.75 Å². The lowest BCUT2D eigenvalue weighted by Gasteiger charge is -2.37. The maximum absolute atomic E-state index is 14.5. The van der Waals surface area contributed by atoms with E-state index >= 15 is 0 Å². The van der Waals surface area contributed by atoms with Gasteiger partial charge >= 0.3 is 17.4 Å². The SMILES string of the molecule is O=[N+]([O-])c1ccccc1C1(S(=O)(=O)C(F)(F)C(F)(F)C(F)(F)F)C=C(Br)CC(Br)=C1. The molecule has 166 valence electrons. The number of benzene rings is 1. The Balaban J connectivity index is 3.01. The van der Waals surface area contributed by atoms with Crippen molar-refractivity contribution in [2.24, 2.45) is 0 Å². The second kappa shape index (κ2) is 7.58. The third-order valence-electron chi connectivity index (χ3n) is 4.11. The number of nitrogens with zero attached hydrogens (tertiary/aromatic N) is 1. The molecule has 0 spiro atoms. The van der Waals surface area contributed by atoms with Crippen LogP contribution in [-0.4, -0.2) is 30.7 Å². The molecule has 0 saturated heterocycles. The summed E-state index contributed by atoms with van der Waals surface area (Å²) >= 11 is 5.63. The van der Waals surface area contributed by atoms with Crippen LogP contribution >= 0.6 is 31.9 Å². The highest BCUT2D eigenvalue weighted by Crippen LogP contribution is 2.57. The maximum atomic E-state index is 14.5. The van der Waals surface area contributed by atoms with E-state index in [0.717, 1.165) is 12.1 Å². The van der Waals surface area contributed by atoms with Crippen LogP contribution in [0.1, 0.15) is 12.0 Å². The molecular formula is C15H8Br2F7NO4S. The predicted molar refractivity (Wildman–Crippen MR) is 98.3 cm³/mol. The highest BCUT2D eigenvalue weighted by molar-refractivity contribution is 9.12. The molecule has 0 radical (unpaired) electrons. The molecular weight excluding hydrogens is 583 g/mol. The summed E-state index contributed by atoms with van der Waals surface area (Å²) in [6.07, 6.45) is -6.24. The molecule has 0 amide bonds. The van der Waals surface area contributed by atoms with Gasteiger partial charge in [0.2, 0.25) is 9.84 Å². The van der Waals surface area contributed by atoms with E-state index in [9.17, 15) is 49.3 Å². The molecule has 1 aromatic rings. The first kappa shape index (κ1) is 24.8. The number of nitro benzene ring substituents is 1. The first-order valence-corrected chi connectivity index (χ1v) is 10.5. The molecule has 0 saturated carbocycles. The molecule has 0 fully saturated rings. The van der Waals surface area contributed by atoms with E-state index in [1.54, 1.807) is 0 Å². The van der Waals surface area contributed by atoms with Crippen molar-refractivity contribution < 1.29 is 44.1 Å². The van der Waals surface area contributed by atoms with E-state index in [2.05, 4.69) is 31.9 Å². The summed E-state index contributed by atoms with van der Waals surface area (Å²) in [5.41, 5.74) is -2.12. The van der Waals surface area contributed by atoms with Crippen LogP contribution in [0.25, 0.3) is 0 Å². The van der Waals surface area contributed by atoms with E-state index < -0.39 is 48.1 Å². The van der Waals surface area contributed by atoms with Crippen molar-refractivity contribution in [1.82, 2.24) is 0 Å². The van der Waals surface area contributed by atoms with Crippen LogP contribution in [0.15, 0.2) is 45.4 Å². The van der Waals surface area contributed by atoms with Gasteiger partial charge in [0, 0.05) is 12.5 Å². The Hall–Kier alpha value is -1.48. The molecule has 15 heteroatoms. The van der Waals surface area contributed by atoms with E-state index in [1.807, 2.05) is 0 Å². The Labute approximate surface area is 181 Å². The number of hydrogen-bond acceptors (Lipinski definition) is 4. The van der Waals surface area contributed by atoms with Crippen molar-refractivity contribution in [2.45, 2.75) is 28.5 Å². The summed E-state index contributed by atoms with van der Waals surface area (Å²) in [4.78, 5) is 10.2. The monoisotopic (exact) mass is 589 g/mol. The number of alkyl halides is 7. The Morgan fingerprint density at radius 2 is 1.43 bits per heavy atom. The summed E-state index contributed by atoms with van der Waals surface area (Å²) in [5, 5.41) is 4.65. The molecule has 0 atom stereocenters. The lowest BCUT2D eigenvalue weighted by atomic mass is 9.92. The van der Waals surface area contributed by atoms with Gasteiger partial charge in [0.05, 0.1) is 10.5 Å². The minimum Gasteiger partial charge on any atom is -0.258 e. The van der Waals surface area contributed by atoms with Crippen molar-refractivity contribution in [3.05, 3.63) is 61.1 Å². The van der Waals surface area contributed by atoms with Crippen molar-refractivity contribution in [2.75, 3.05) is 0 Å². The van der Waals surface area contributed by atoms with Gasteiger partial charge in [-0.2, -0.15) is 30.7 Å². The normalized spacial score (nSPS) is 17.9. The predicted octanol–water partition coefficient (Wildman–Crippen LogP) is 5.96. The Bertz CT molecular complexity index is 1030. The molecule has 1 aliphatic carbocycles. The molecule has 0 aliphatic heterocycles. The summed E-state index contributed by atoms with van der Waals surface area (Å²) in [6.45, 7) is 0. The lowest BCUT2D eigenvalue weighted by Crippen LogP contribution is -2.60. The van der Waals surface area contributed by atoms with E-state index in [1.165, 1.54) is 0 Å². The second-order valence-corrected chi connectivity index (χ2v) is 10.3. The van der Waals surface area contributed by atoms with E-state index in [4.69, 9.17) is 0 Å². The van der Waals surface area contributed by atoms with Crippen molar-refractivity contribution >= 4 is 47.4 Å². The number of allylic oxidation sites excluding steroid dienone is 2. The van der Waals surface area contributed by atoms with Gasteiger partial charge in [-0.05, 0) is 27.2 Å². The Morgan fingerprint density at radius 3 is 1.87 bits per heavy atom. The van der Waals surface area contributed by atoms with Crippen LogP contribution in [0.3, 0.4) is 0 Å². The van der Waals surface area contributed by atoms with Gasteiger partial charge in [-0.1, -0.05) is 44.0 Å². The molecule has 0 N–H and O–H groups in total. The molecule has 1 aliphatic rings. The smallest absolute Gasteiger partial charge is 0.258 e. The average Bonchev–Trinajstić information content (AvgIpc) is 2.59. The van der Waals surface area contributed by atoms with Crippen LogP contribution in [0.2, 0.25) is 0 Å². The van der Waals surface area contributed by atoms with E-state index in [-0.39, 0.29) is 15.4 Å². The summed E-state index contributed by atoms with van der Waals surface area (Å²) < 4.78 is 116. The number of hydrogen-bond donors (Lipinski definition) is 0. The molecule has 0 unspecified atom stereocenters. The molecule has 2 rings (SSSR count). The zero-order chi connectivity index (χ0) is 23.3. The van der Waals surface area contributed by atoms with Gasteiger partial charge in [-0.15, -0.1) is 0 Å². The number of sulfone groups is 1. The highest BCUT2D eigenvalue weighted by atomic mass is 79.9. The van der Waals surface area contributed by atoms with Gasteiger partial charge in [0.25, 0.3) is 5.69 Å². The summed E-state index contributed by atoms with van der Waals surface area (Å²) in [5.74, 6) is -6.99. The summed E-state index contributed by atoms with van der Waals surface area (Å²) in [7, 11) is -6.86. The molecule has 1 aromatic carbocycles. The molecule has 0 aromatic heterocycles. The van der Waals surface area contributed by atoms with Crippen LogP contribution < -0.4 is 0 Å². The minimum absolute atomic E-state index is 0.168. The summed E-state index contributed by atoms with van der Waals surface area (Å²) in [6, 6.07) is 3.39. The van der Waals surface area contributed by atoms with Crippen molar-refractivity contribution in [3.63, 3.8) is 0 Å².